The van der Waals surface area contributed by atoms with Gasteiger partial charge >= 0.3 is 0 Å². The first-order valence-electron chi connectivity index (χ1n) is 13.9. The molecule has 3 heterocycles. The first kappa shape index (κ1) is 28.4. The van der Waals surface area contributed by atoms with E-state index in [1.807, 2.05) is 6.07 Å². The Balaban J connectivity index is 1.20. The molecule has 0 unspecified atom stereocenters. The van der Waals surface area contributed by atoms with E-state index in [0.717, 1.165) is 5.56 Å². The van der Waals surface area contributed by atoms with Gasteiger partial charge in [0, 0.05) is 50.2 Å². The molecule has 0 atom stereocenters. The van der Waals surface area contributed by atoms with E-state index in [0.29, 0.717) is 78.9 Å². The SMILES string of the molecule is N#Cc1cc(-c2ccnc(Nc3ccc(S(=O)(=O)N4CCNCC4)cc3)n2)cc2c1N(C(=O)Cc1ccccc1F)CC2. The van der Waals surface area contributed by atoms with Crippen LogP contribution in [-0.2, 0) is 27.7 Å². The van der Waals surface area contributed by atoms with Gasteiger partial charge in [0.25, 0.3) is 0 Å². The highest BCUT2D eigenvalue weighted by atomic mass is 32.2. The lowest BCUT2D eigenvalue weighted by atomic mass is 10.0. The van der Waals surface area contributed by atoms with E-state index in [9.17, 15) is 22.9 Å². The number of benzene rings is 3. The Hall–Kier alpha value is -4.70. The van der Waals surface area contributed by atoms with Crippen LogP contribution in [0.25, 0.3) is 11.3 Å². The summed E-state index contributed by atoms with van der Waals surface area (Å²) >= 11 is 0. The highest BCUT2D eigenvalue weighted by Crippen LogP contribution is 2.36. The normalized spacial score (nSPS) is 15.1. The molecule has 0 saturated carbocycles. The molecule has 10 nitrogen and oxygen atoms in total. The summed E-state index contributed by atoms with van der Waals surface area (Å²) in [5.41, 5.74) is 3.93. The number of piperazine rings is 1. The molecule has 6 rings (SSSR count). The van der Waals surface area contributed by atoms with Gasteiger partial charge in [0.2, 0.25) is 21.9 Å². The third kappa shape index (κ3) is 5.83. The van der Waals surface area contributed by atoms with E-state index in [1.54, 1.807) is 65.7 Å². The number of amides is 1. The van der Waals surface area contributed by atoms with Gasteiger partial charge in [0.05, 0.1) is 28.3 Å². The molecule has 2 aliphatic heterocycles. The molecule has 0 aliphatic carbocycles. The van der Waals surface area contributed by atoms with Crippen LogP contribution < -0.4 is 15.5 Å². The van der Waals surface area contributed by atoms with Crippen molar-refractivity contribution in [1.29, 1.82) is 5.26 Å². The number of carbonyl (C=O) groups excluding carboxylic acids is 1. The number of anilines is 3. The van der Waals surface area contributed by atoms with Crippen LogP contribution in [0.5, 0.6) is 0 Å². The summed E-state index contributed by atoms with van der Waals surface area (Å²) in [6, 6.07) is 20.2. The van der Waals surface area contributed by atoms with Gasteiger partial charge in [-0.2, -0.15) is 9.57 Å². The summed E-state index contributed by atoms with van der Waals surface area (Å²) in [4.78, 5) is 23.8. The van der Waals surface area contributed by atoms with Crippen LogP contribution in [0.4, 0.5) is 21.7 Å². The van der Waals surface area contributed by atoms with Crippen LogP contribution >= 0.6 is 0 Å². The number of fused-ring (bicyclic) bond motifs is 1. The maximum atomic E-state index is 14.2. The molecule has 2 N–H and O–H groups in total. The van der Waals surface area contributed by atoms with Crippen LogP contribution in [0.3, 0.4) is 0 Å². The second-order valence-corrected chi connectivity index (χ2v) is 12.2. The molecule has 1 fully saturated rings. The Labute approximate surface area is 248 Å². The Morgan fingerprint density at radius 2 is 1.81 bits per heavy atom. The standard InChI is InChI=1S/C31H28FN7O3S/c32-27-4-2-1-3-21(27)19-29(40)39-14-10-22-17-23(18-24(20-33)30(22)39)28-9-11-35-31(37-28)36-25-5-7-26(8-6-25)43(41,42)38-15-12-34-13-16-38/h1-9,11,17-18,34H,10,12-16,19H2,(H,35,36,37). The lowest BCUT2D eigenvalue weighted by molar-refractivity contribution is -0.117. The maximum absolute atomic E-state index is 14.2. The van der Waals surface area contributed by atoms with Crippen LogP contribution in [0.1, 0.15) is 16.7 Å². The number of halogens is 1. The zero-order chi connectivity index (χ0) is 30.0. The molecule has 218 valence electrons. The molecule has 0 spiro atoms. The van der Waals surface area contributed by atoms with Gasteiger partial charge < -0.3 is 15.5 Å². The van der Waals surface area contributed by atoms with Crippen molar-refractivity contribution in [3.8, 4) is 17.3 Å². The molecule has 1 amide bonds. The number of rotatable bonds is 7. The molecule has 2 aliphatic rings. The highest BCUT2D eigenvalue weighted by molar-refractivity contribution is 7.89. The Bertz CT molecular complexity index is 1840. The van der Waals surface area contributed by atoms with Crippen molar-refractivity contribution in [2.75, 3.05) is 42.9 Å². The molecule has 1 saturated heterocycles. The predicted octanol–water partition coefficient (Wildman–Crippen LogP) is 3.62. The molecule has 0 radical (unpaired) electrons. The molecule has 1 aromatic heterocycles. The zero-order valence-corrected chi connectivity index (χ0v) is 23.9. The van der Waals surface area contributed by atoms with Gasteiger partial charge in [0.15, 0.2) is 0 Å². The number of carbonyl (C=O) groups is 1. The third-order valence-electron chi connectivity index (χ3n) is 7.56. The number of aromatic nitrogens is 2. The quantitative estimate of drug-likeness (QED) is 0.330. The van der Waals surface area contributed by atoms with E-state index >= 15 is 0 Å². The van der Waals surface area contributed by atoms with Crippen molar-refractivity contribution in [3.05, 3.63) is 95.4 Å². The first-order valence-corrected chi connectivity index (χ1v) is 15.3. The topological polar surface area (TPSA) is 131 Å². The number of sulfonamides is 1. The van der Waals surface area contributed by atoms with E-state index < -0.39 is 15.8 Å². The minimum atomic E-state index is -3.57. The largest absolute Gasteiger partial charge is 0.324 e. The highest BCUT2D eigenvalue weighted by Gasteiger charge is 2.29. The average Bonchev–Trinajstić information content (AvgIpc) is 3.47. The lowest BCUT2D eigenvalue weighted by Gasteiger charge is -2.26. The molecule has 4 aromatic rings. The van der Waals surface area contributed by atoms with Crippen LogP contribution in [0.2, 0.25) is 0 Å². The van der Waals surface area contributed by atoms with E-state index in [-0.39, 0.29) is 17.2 Å². The molecule has 43 heavy (non-hydrogen) atoms. The number of hydrogen-bond acceptors (Lipinski definition) is 8. The molecule has 0 bridgehead atoms. The lowest BCUT2D eigenvalue weighted by Crippen LogP contribution is -2.46. The first-order chi connectivity index (χ1) is 20.8. The summed E-state index contributed by atoms with van der Waals surface area (Å²) in [5.74, 6) is -0.403. The van der Waals surface area contributed by atoms with Crippen molar-refractivity contribution >= 4 is 33.3 Å². The Morgan fingerprint density at radius 1 is 1.05 bits per heavy atom. The van der Waals surface area contributed by atoms with Gasteiger partial charge in [-0.15, -0.1) is 0 Å². The average molecular weight is 598 g/mol. The fourth-order valence-corrected chi connectivity index (χ4v) is 6.82. The summed E-state index contributed by atoms with van der Waals surface area (Å²) in [6.45, 7) is 2.51. The number of hydrogen-bond donors (Lipinski definition) is 2. The van der Waals surface area contributed by atoms with Crippen molar-refractivity contribution < 1.29 is 17.6 Å². The van der Waals surface area contributed by atoms with Gasteiger partial charge in [-0.25, -0.2) is 22.8 Å². The van der Waals surface area contributed by atoms with E-state index in [2.05, 4.69) is 26.7 Å². The summed E-state index contributed by atoms with van der Waals surface area (Å²) in [5, 5.41) is 16.2. The molecular formula is C31H28FN7O3S. The van der Waals surface area contributed by atoms with Crippen molar-refractivity contribution in [2.45, 2.75) is 17.7 Å². The van der Waals surface area contributed by atoms with Gasteiger partial charge in [-0.05, 0) is 66.1 Å². The summed E-state index contributed by atoms with van der Waals surface area (Å²) in [6.07, 6.45) is 2.06. The van der Waals surface area contributed by atoms with Gasteiger partial charge in [0.1, 0.15) is 11.9 Å². The van der Waals surface area contributed by atoms with Crippen LogP contribution in [0.15, 0.2) is 77.8 Å². The molecular weight excluding hydrogens is 569 g/mol. The number of nitrogens with one attached hydrogen (secondary N) is 2. The number of nitrogens with zero attached hydrogens (tertiary/aromatic N) is 5. The van der Waals surface area contributed by atoms with E-state index in [1.165, 1.54) is 10.4 Å². The minimum absolute atomic E-state index is 0.0949. The summed E-state index contributed by atoms with van der Waals surface area (Å²) in [7, 11) is -3.57. The van der Waals surface area contributed by atoms with Gasteiger partial charge in [-0.3, -0.25) is 4.79 Å². The Kier molecular flexibility index (Phi) is 7.86. The van der Waals surface area contributed by atoms with Crippen molar-refractivity contribution in [1.82, 2.24) is 19.6 Å². The second-order valence-electron chi connectivity index (χ2n) is 10.3. The molecule has 3 aromatic carbocycles. The van der Waals surface area contributed by atoms with Crippen LogP contribution in [-0.4, -0.2) is 61.3 Å². The second kappa shape index (κ2) is 11.9. The van der Waals surface area contributed by atoms with Crippen molar-refractivity contribution in [2.24, 2.45) is 0 Å². The fraction of sp³-hybridized carbons (Fsp3) is 0.226. The smallest absolute Gasteiger partial charge is 0.243 e. The summed E-state index contributed by atoms with van der Waals surface area (Å²) < 4.78 is 41.5. The third-order valence-corrected chi connectivity index (χ3v) is 9.47. The molecule has 12 heteroatoms. The van der Waals surface area contributed by atoms with E-state index in [4.69, 9.17) is 0 Å². The maximum Gasteiger partial charge on any atom is 0.243 e. The van der Waals surface area contributed by atoms with Crippen LogP contribution in [0, 0.1) is 17.1 Å². The van der Waals surface area contributed by atoms with Crippen molar-refractivity contribution in [3.63, 3.8) is 0 Å². The van der Waals surface area contributed by atoms with Gasteiger partial charge in [-0.1, -0.05) is 18.2 Å². The predicted molar refractivity (Wildman–Crippen MR) is 160 cm³/mol. The monoisotopic (exact) mass is 597 g/mol. The minimum Gasteiger partial charge on any atom is -0.324 e. The zero-order valence-electron chi connectivity index (χ0n) is 23.1. The number of nitriles is 1. The Morgan fingerprint density at radius 3 is 2.56 bits per heavy atom. The fourth-order valence-electron chi connectivity index (χ4n) is 5.38.